The zero-order valence-electron chi connectivity index (χ0n) is 18.5. The lowest BCUT2D eigenvalue weighted by atomic mass is 9.92. The third-order valence-electron chi connectivity index (χ3n) is 7.36. The molecule has 7 heteroatoms. The molecule has 2 aliphatic heterocycles. The molecule has 1 N–H and O–H groups in total. The van der Waals surface area contributed by atoms with Gasteiger partial charge >= 0.3 is 0 Å². The molecule has 1 aliphatic carbocycles. The van der Waals surface area contributed by atoms with Crippen LogP contribution in [0.4, 0.5) is 4.39 Å². The van der Waals surface area contributed by atoms with Gasteiger partial charge < -0.3 is 9.88 Å². The summed E-state index contributed by atoms with van der Waals surface area (Å²) in [5.74, 6) is -0.0606. The van der Waals surface area contributed by atoms with E-state index in [0.717, 1.165) is 43.5 Å². The predicted molar refractivity (Wildman–Crippen MR) is 120 cm³/mol. The number of aromatic amines is 1. The van der Waals surface area contributed by atoms with Gasteiger partial charge in [0.15, 0.2) is 0 Å². The van der Waals surface area contributed by atoms with Crippen LogP contribution in [-0.2, 0) is 13.0 Å². The van der Waals surface area contributed by atoms with Gasteiger partial charge in [-0.15, -0.1) is 0 Å². The van der Waals surface area contributed by atoms with Gasteiger partial charge in [0, 0.05) is 37.7 Å². The third kappa shape index (κ3) is 4.22. The summed E-state index contributed by atoms with van der Waals surface area (Å²) >= 11 is 0. The molecule has 6 nitrogen and oxygen atoms in total. The number of halogens is 1. The molecule has 1 aromatic heterocycles. The van der Waals surface area contributed by atoms with Crippen molar-refractivity contribution >= 4 is 5.91 Å². The molecule has 0 spiro atoms. The monoisotopic (exact) mass is 438 g/mol. The Kier molecular flexibility index (Phi) is 6.09. The summed E-state index contributed by atoms with van der Waals surface area (Å²) in [5.41, 5.74) is 1.92. The molecule has 3 heterocycles. The van der Waals surface area contributed by atoms with E-state index in [1.54, 1.807) is 17.0 Å². The van der Waals surface area contributed by atoms with Crippen LogP contribution in [0, 0.1) is 5.82 Å². The van der Waals surface area contributed by atoms with Crippen molar-refractivity contribution in [3.8, 4) is 0 Å². The number of rotatable bonds is 3. The highest BCUT2D eigenvalue weighted by atomic mass is 19.1. The molecule has 1 amide bonds. The molecular formula is C25H31FN4O2. The maximum Gasteiger partial charge on any atom is 0.255 e. The Morgan fingerprint density at radius 2 is 1.88 bits per heavy atom. The second-order valence-corrected chi connectivity index (χ2v) is 9.41. The van der Waals surface area contributed by atoms with Gasteiger partial charge in [-0.05, 0) is 50.3 Å². The number of hydrogen-bond acceptors (Lipinski definition) is 4. The molecule has 32 heavy (non-hydrogen) atoms. The summed E-state index contributed by atoms with van der Waals surface area (Å²) in [7, 11) is 0. The quantitative estimate of drug-likeness (QED) is 0.787. The first kappa shape index (κ1) is 21.3. The van der Waals surface area contributed by atoms with Gasteiger partial charge in [0.05, 0.1) is 17.3 Å². The SMILES string of the molecule is O=C(c1cccc(F)c1)N1CCCCC1c1nc2c(c(=O)[nH]1)CN(C1CCCCC1)CC2. The number of amides is 1. The molecule has 3 aliphatic rings. The minimum Gasteiger partial charge on any atom is -0.328 e. The Hall–Kier alpha value is -2.54. The van der Waals surface area contributed by atoms with Gasteiger partial charge in [-0.2, -0.15) is 0 Å². The molecule has 1 aromatic carbocycles. The maximum atomic E-state index is 13.7. The second-order valence-electron chi connectivity index (χ2n) is 9.41. The molecule has 0 radical (unpaired) electrons. The average molecular weight is 439 g/mol. The van der Waals surface area contributed by atoms with Crippen molar-refractivity contribution in [2.24, 2.45) is 0 Å². The number of H-pyrrole nitrogens is 1. The highest BCUT2D eigenvalue weighted by Crippen LogP contribution is 2.31. The van der Waals surface area contributed by atoms with Crippen LogP contribution in [0.2, 0.25) is 0 Å². The number of aromatic nitrogens is 2. The summed E-state index contributed by atoms with van der Waals surface area (Å²) in [6, 6.07) is 6.10. The van der Waals surface area contributed by atoms with E-state index >= 15 is 0 Å². The number of carbonyl (C=O) groups excluding carboxylic acids is 1. The second kappa shape index (κ2) is 9.14. The third-order valence-corrected chi connectivity index (χ3v) is 7.36. The number of benzene rings is 1. The van der Waals surface area contributed by atoms with Crippen molar-refractivity contribution in [3.63, 3.8) is 0 Å². The zero-order chi connectivity index (χ0) is 22.1. The number of hydrogen-bond donors (Lipinski definition) is 1. The van der Waals surface area contributed by atoms with E-state index in [-0.39, 0.29) is 17.5 Å². The van der Waals surface area contributed by atoms with Crippen molar-refractivity contribution in [1.29, 1.82) is 0 Å². The van der Waals surface area contributed by atoms with E-state index in [1.165, 1.54) is 44.2 Å². The molecule has 0 bridgehead atoms. The van der Waals surface area contributed by atoms with Crippen molar-refractivity contribution in [2.75, 3.05) is 13.1 Å². The van der Waals surface area contributed by atoms with Gasteiger partial charge in [-0.25, -0.2) is 9.37 Å². The van der Waals surface area contributed by atoms with Crippen LogP contribution in [0.15, 0.2) is 29.1 Å². The number of piperidine rings is 1. The van der Waals surface area contributed by atoms with E-state index in [0.29, 0.717) is 30.5 Å². The number of nitrogens with one attached hydrogen (secondary N) is 1. The van der Waals surface area contributed by atoms with Crippen molar-refractivity contribution in [2.45, 2.75) is 76.4 Å². The Morgan fingerprint density at radius 3 is 2.69 bits per heavy atom. The van der Waals surface area contributed by atoms with Gasteiger partial charge in [0.1, 0.15) is 11.6 Å². The lowest BCUT2D eigenvalue weighted by Crippen LogP contribution is -2.44. The number of nitrogens with zero attached hydrogens (tertiary/aromatic N) is 3. The van der Waals surface area contributed by atoms with E-state index in [4.69, 9.17) is 4.98 Å². The minimum absolute atomic E-state index is 0.0748. The molecular weight excluding hydrogens is 407 g/mol. The predicted octanol–water partition coefficient (Wildman–Crippen LogP) is 3.97. The molecule has 1 unspecified atom stereocenters. The van der Waals surface area contributed by atoms with Crippen molar-refractivity contribution in [1.82, 2.24) is 19.8 Å². The minimum atomic E-state index is -0.424. The summed E-state index contributed by atoms with van der Waals surface area (Å²) in [5, 5.41) is 0. The molecule has 1 saturated heterocycles. The maximum absolute atomic E-state index is 13.7. The summed E-state index contributed by atoms with van der Waals surface area (Å²) in [6.07, 6.45) is 9.69. The fraction of sp³-hybridized carbons (Fsp3) is 0.560. The van der Waals surface area contributed by atoms with E-state index in [9.17, 15) is 14.0 Å². The van der Waals surface area contributed by atoms with Crippen LogP contribution >= 0.6 is 0 Å². The standard InChI is InChI=1S/C25H31FN4O2/c26-18-8-6-7-17(15-18)25(32)30-13-5-4-11-22(30)23-27-21-12-14-29(16-20(21)24(31)28-23)19-9-2-1-3-10-19/h6-8,15,19,22H,1-5,9-14,16H2,(H,27,28,31). The van der Waals surface area contributed by atoms with E-state index < -0.39 is 5.82 Å². The molecule has 2 aromatic rings. The van der Waals surface area contributed by atoms with Crippen molar-refractivity contribution in [3.05, 3.63) is 63.1 Å². The molecule has 1 atom stereocenters. The van der Waals surface area contributed by atoms with Gasteiger partial charge in [-0.1, -0.05) is 25.3 Å². The first-order valence-corrected chi connectivity index (χ1v) is 12.0. The molecule has 1 saturated carbocycles. The van der Waals surface area contributed by atoms with E-state index in [2.05, 4.69) is 9.88 Å². The highest BCUT2D eigenvalue weighted by molar-refractivity contribution is 5.94. The molecule has 2 fully saturated rings. The van der Waals surface area contributed by atoms with Crippen LogP contribution in [0.1, 0.15) is 84.8 Å². The topological polar surface area (TPSA) is 69.3 Å². The average Bonchev–Trinajstić information content (AvgIpc) is 2.84. The fourth-order valence-electron chi connectivity index (χ4n) is 5.63. The first-order valence-electron chi connectivity index (χ1n) is 12.0. The number of carbonyl (C=O) groups is 1. The van der Waals surface area contributed by atoms with Gasteiger partial charge in [0.2, 0.25) is 0 Å². The summed E-state index contributed by atoms with van der Waals surface area (Å²) in [4.78, 5) is 38.3. The fourth-order valence-corrected chi connectivity index (χ4v) is 5.63. The van der Waals surface area contributed by atoms with Crippen LogP contribution in [0.3, 0.4) is 0 Å². The number of likely N-dealkylation sites (tertiary alicyclic amines) is 1. The first-order chi connectivity index (χ1) is 15.6. The lowest BCUT2D eigenvalue weighted by Gasteiger charge is -2.38. The van der Waals surface area contributed by atoms with Crippen molar-refractivity contribution < 1.29 is 9.18 Å². The van der Waals surface area contributed by atoms with Crippen LogP contribution < -0.4 is 5.56 Å². The Morgan fingerprint density at radius 1 is 1.06 bits per heavy atom. The smallest absolute Gasteiger partial charge is 0.255 e. The highest BCUT2D eigenvalue weighted by Gasteiger charge is 2.33. The Labute approximate surface area is 187 Å². The number of fused-ring (bicyclic) bond motifs is 1. The van der Waals surface area contributed by atoms with E-state index in [1.807, 2.05) is 0 Å². The Bertz CT molecular complexity index is 1050. The van der Waals surface area contributed by atoms with Gasteiger partial charge in [-0.3, -0.25) is 14.5 Å². The van der Waals surface area contributed by atoms with Crippen LogP contribution in [-0.4, -0.2) is 44.8 Å². The van der Waals surface area contributed by atoms with Gasteiger partial charge in [0.25, 0.3) is 11.5 Å². The zero-order valence-corrected chi connectivity index (χ0v) is 18.5. The summed E-state index contributed by atoms with van der Waals surface area (Å²) < 4.78 is 13.7. The largest absolute Gasteiger partial charge is 0.328 e. The van der Waals surface area contributed by atoms with Crippen LogP contribution in [0.5, 0.6) is 0 Å². The Balaban J connectivity index is 1.40. The summed E-state index contributed by atoms with van der Waals surface area (Å²) in [6.45, 7) is 2.18. The van der Waals surface area contributed by atoms with Crippen LogP contribution in [0.25, 0.3) is 0 Å². The normalized spacial score (nSPS) is 22.5. The molecule has 170 valence electrons. The molecule has 5 rings (SSSR count). The lowest BCUT2D eigenvalue weighted by molar-refractivity contribution is 0.0597.